The van der Waals surface area contributed by atoms with Gasteiger partial charge in [-0.3, -0.25) is 24.0 Å². The first-order valence-corrected chi connectivity index (χ1v) is 16.9. The van der Waals surface area contributed by atoms with Crippen molar-refractivity contribution in [3.05, 3.63) is 65.7 Å². The number of thioether (sulfide) groups is 1. The van der Waals surface area contributed by atoms with Crippen LogP contribution in [-0.4, -0.2) is 92.8 Å². The number of nitrogens with one attached hydrogen (secondary N) is 6. The molecule has 6 atom stereocenters. The van der Waals surface area contributed by atoms with E-state index in [2.05, 4.69) is 31.6 Å². The Bertz CT molecular complexity index is 1690. The second-order valence-electron chi connectivity index (χ2n) is 12.4. The van der Waals surface area contributed by atoms with Gasteiger partial charge in [-0.05, 0) is 49.9 Å². The molecule has 2 aromatic carbocycles. The van der Waals surface area contributed by atoms with Crippen molar-refractivity contribution in [3.8, 4) is 0 Å². The molecule has 14 nitrogen and oxygen atoms in total. The summed E-state index contributed by atoms with van der Waals surface area (Å²) in [4.78, 5) is 82.8. The average molecular weight is 695 g/mol. The second kappa shape index (κ2) is 16.5. The number of para-hydroxylation sites is 1. The summed E-state index contributed by atoms with van der Waals surface area (Å²) in [7, 11) is 0. The number of fused-ring (bicyclic) bond motifs is 3. The van der Waals surface area contributed by atoms with E-state index in [0.29, 0.717) is 21.7 Å². The molecule has 0 saturated heterocycles. The molecule has 0 radical (unpaired) electrons. The lowest BCUT2D eigenvalue weighted by Crippen LogP contribution is -2.60. The van der Waals surface area contributed by atoms with Crippen LogP contribution in [0.3, 0.4) is 0 Å². The van der Waals surface area contributed by atoms with Gasteiger partial charge in [0.25, 0.3) is 5.91 Å². The van der Waals surface area contributed by atoms with Crippen LogP contribution in [0, 0.1) is 5.92 Å². The number of H-pyrrole nitrogens is 1. The van der Waals surface area contributed by atoms with E-state index >= 15 is 0 Å². The number of aliphatic hydroxyl groups is 1. The monoisotopic (exact) mass is 694 g/mol. The number of carbonyl (C=O) groups excluding carboxylic acids is 5. The summed E-state index contributed by atoms with van der Waals surface area (Å²) >= 11 is 1.08. The summed E-state index contributed by atoms with van der Waals surface area (Å²) in [6, 6.07) is 9.13. The fraction of sp³-hybridized carbons (Fsp3) is 0.412. The Morgan fingerprint density at radius 1 is 0.878 bits per heavy atom. The molecule has 1 aromatic heterocycles. The Morgan fingerprint density at radius 2 is 1.55 bits per heavy atom. The molecule has 262 valence electrons. The highest BCUT2D eigenvalue weighted by Gasteiger charge is 2.34. The quantitative estimate of drug-likeness (QED) is 0.185. The standard InChI is InChI=1S/C34H42N6O8S/c1-17(2)14-24-30(44)35-18(3)28(42)40-27(19(4)41)32(46)38-26(34(47)48)16-49-33-22(21-12-8-9-13-23(21)39-33)15-25(31(45)37-24)36-29(43)20-10-6-5-7-11-20/h5-13,17-19,24-27,39,41H,14-16H2,1-4H3,(H,35,44)(H,36,43)(H,37,45)(H,38,46)(H,40,42)(H,47,48)/t18-,19-,24+,25+,26+,27+/m1/s1. The molecule has 49 heavy (non-hydrogen) atoms. The molecule has 0 aliphatic carbocycles. The second-order valence-corrected chi connectivity index (χ2v) is 13.5. The minimum Gasteiger partial charge on any atom is -0.480 e. The minimum absolute atomic E-state index is 0.0419. The van der Waals surface area contributed by atoms with Gasteiger partial charge in [0, 0.05) is 28.6 Å². The Labute approximate surface area is 287 Å². The predicted octanol–water partition coefficient (Wildman–Crippen LogP) is 1.09. The summed E-state index contributed by atoms with van der Waals surface area (Å²) < 4.78 is 0. The molecular weight excluding hydrogens is 652 g/mol. The number of carboxylic acid groups (broad SMARTS) is 1. The van der Waals surface area contributed by atoms with Crippen molar-refractivity contribution in [1.82, 2.24) is 31.6 Å². The van der Waals surface area contributed by atoms with Crippen LogP contribution < -0.4 is 26.6 Å². The first-order chi connectivity index (χ1) is 23.2. The Morgan fingerprint density at radius 3 is 2.20 bits per heavy atom. The van der Waals surface area contributed by atoms with Crippen LogP contribution in [0.1, 0.15) is 50.0 Å². The van der Waals surface area contributed by atoms with E-state index in [9.17, 15) is 39.0 Å². The first-order valence-electron chi connectivity index (χ1n) is 16.0. The van der Waals surface area contributed by atoms with E-state index in [1.807, 2.05) is 26.0 Å². The minimum atomic E-state index is -1.53. The highest BCUT2D eigenvalue weighted by atomic mass is 32.2. The van der Waals surface area contributed by atoms with Crippen LogP contribution in [0.15, 0.2) is 59.6 Å². The molecule has 3 aromatic rings. The van der Waals surface area contributed by atoms with Gasteiger partial charge in [-0.25, -0.2) is 4.79 Å². The van der Waals surface area contributed by atoms with Crippen LogP contribution in [0.2, 0.25) is 0 Å². The summed E-state index contributed by atoms with van der Waals surface area (Å²) in [5, 5.41) is 34.5. The van der Waals surface area contributed by atoms with Crippen molar-refractivity contribution in [2.24, 2.45) is 5.92 Å². The van der Waals surface area contributed by atoms with E-state index < -0.39 is 71.8 Å². The normalized spacial score (nSPS) is 23.6. The van der Waals surface area contributed by atoms with Crippen LogP contribution in [0.25, 0.3) is 10.9 Å². The number of hydrogen-bond donors (Lipinski definition) is 8. The molecule has 0 spiro atoms. The zero-order chi connectivity index (χ0) is 35.8. The van der Waals surface area contributed by atoms with Gasteiger partial charge in [0.2, 0.25) is 23.6 Å². The number of carboxylic acids is 1. The molecule has 1 aliphatic rings. The van der Waals surface area contributed by atoms with E-state index in [1.54, 1.807) is 42.5 Å². The molecule has 0 unspecified atom stereocenters. The number of aliphatic hydroxyl groups excluding tert-OH is 1. The lowest BCUT2D eigenvalue weighted by Gasteiger charge is -2.27. The zero-order valence-corrected chi connectivity index (χ0v) is 28.4. The van der Waals surface area contributed by atoms with Crippen molar-refractivity contribution in [2.75, 3.05) is 5.75 Å². The third-order valence-corrected chi connectivity index (χ3v) is 9.14. The molecule has 1 aliphatic heterocycles. The number of aromatic nitrogens is 1. The molecule has 8 N–H and O–H groups in total. The highest BCUT2D eigenvalue weighted by Crippen LogP contribution is 2.31. The van der Waals surface area contributed by atoms with E-state index in [1.165, 1.54) is 13.8 Å². The molecule has 2 heterocycles. The summed E-state index contributed by atoms with van der Waals surface area (Å²) in [6.07, 6.45) is -1.25. The Balaban J connectivity index is 1.80. The zero-order valence-electron chi connectivity index (χ0n) is 27.6. The number of carbonyl (C=O) groups is 6. The molecule has 0 bridgehead atoms. The first kappa shape index (κ1) is 36.9. The lowest BCUT2D eigenvalue weighted by atomic mass is 10.00. The maximum absolute atomic E-state index is 14.1. The fourth-order valence-corrected chi connectivity index (χ4v) is 6.50. The number of aromatic amines is 1. The maximum Gasteiger partial charge on any atom is 0.327 e. The van der Waals surface area contributed by atoms with E-state index in [-0.39, 0.29) is 24.5 Å². The van der Waals surface area contributed by atoms with Crippen molar-refractivity contribution in [1.29, 1.82) is 0 Å². The maximum atomic E-state index is 14.1. The summed E-state index contributed by atoms with van der Waals surface area (Å²) in [5.41, 5.74) is 1.62. The third kappa shape index (κ3) is 9.60. The summed E-state index contributed by atoms with van der Waals surface area (Å²) in [6.45, 7) is 6.36. The van der Waals surface area contributed by atoms with Crippen molar-refractivity contribution < 1.29 is 39.0 Å². The van der Waals surface area contributed by atoms with Crippen LogP contribution in [0.4, 0.5) is 0 Å². The van der Waals surface area contributed by atoms with Gasteiger partial charge in [-0.2, -0.15) is 0 Å². The molecule has 4 rings (SSSR count). The number of hydrogen-bond acceptors (Lipinski definition) is 8. The third-order valence-electron chi connectivity index (χ3n) is 8.00. The van der Waals surface area contributed by atoms with Crippen molar-refractivity contribution in [3.63, 3.8) is 0 Å². The lowest BCUT2D eigenvalue weighted by molar-refractivity contribution is -0.142. The molecule has 5 amide bonds. The van der Waals surface area contributed by atoms with Crippen LogP contribution in [-0.2, 0) is 30.4 Å². The Kier molecular flexibility index (Phi) is 12.4. The fourth-order valence-electron chi connectivity index (χ4n) is 5.39. The summed E-state index contributed by atoms with van der Waals surface area (Å²) in [5.74, 6) is -5.17. The van der Waals surface area contributed by atoms with E-state index in [0.717, 1.165) is 17.1 Å². The van der Waals surface area contributed by atoms with Gasteiger partial charge in [0.15, 0.2) is 0 Å². The number of rotatable bonds is 6. The van der Waals surface area contributed by atoms with Crippen molar-refractivity contribution in [2.45, 2.75) is 81.9 Å². The average Bonchev–Trinajstić information content (AvgIpc) is 3.40. The predicted molar refractivity (Wildman–Crippen MR) is 183 cm³/mol. The van der Waals surface area contributed by atoms with Gasteiger partial charge in [0.05, 0.1) is 11.1 Å². The molecule has 0 fully saturated rings. The van der Waals surface area contributed by atoms with Gasteiger partial charge >= 0.3 is 5.97 Å². The van der Waals surface area contributed by atoms with Gasteiger partial charge in [-0.1, -0.05) is 50.2 Å². The van der Waals surface area contributed by atoms with Crippen LogP contribution in [0.5, 0.6) is 0 Å². The van der Waals surface area contributed by atoms with Gasteiger partial charge < -0.3 is 41.8 Å². The van der Waals surface area contributed by atoms with E-state index in [4.69, 9.17) is 0 Å². The Hall–Kier alpha value is -4.89. The molecule has 0 saturated carbocycles. The van der Waals surface area contributed by atoms with Crippen LogP contribution >= 0.6 is 11.8 Å². The van der Waals surface area contributed by atoms with Crippen molar-refractivity contribution >= 4 is 58.2 Å². The smallest absolute Gasteiger partial charge is 0.327 e. The number of aliphatic carboxylic acids is 1. The number of benzene rings is 2. The highest BCUT2D eigenvalue weighted by molar-refractivity contribution is 7.99. The molecule has 15 heteroatoms. The number of amides is 5. The SMILES string of the molecule is CC(C)C[C@@H]1NC(=O)[C@@H](NC(=O)c2ccccc2)Cc2c([nH]c3ccccc23)SC[C@@H](C(=O)O)NC(=O)[C@H]([C@@H](C)O)NC(=O)[C@@H](C)NC1=O. The largest absolute Gasteiger partial charge is 0.480 e. The molecular formula is C34H42N6O8S. The topological polar surface area (TPSA) is 219 Å². The van der Waals surface area contributed by atoms with Gasteiger partial charge in [-0.15, -0.1) is 11.8 Å². The van der Waals surface area contributed by atoms with Gasteiger partial charge in [0.1, 0.15) is 30.2 Å².